The van der Waals surface area contributed by atoms with E-state index >= 15 is 0 Å². The number of carbonyl (C=O) groups excluding carboxylic acids is 1. The first-order valence-corrected chi connectivity index (χ1v) is 8.88. The van der Waals surface area contributed by atoms with Crippen LogP contribution in [0.5, 0.6) is 0 Å². The van der Waals surface area contributed by atoms with Crippen molar-refractivity contribution in [3.63, 3.8) is 0 Å². The number of amides is 2. The van der Waals surface area contributed by atoms with Crippen LogP contribution in [0.4, 0.5) is 4.79 Å². The van der Waals surface area contributed by atoms with Gasteiger partial charge in [-0.25, -0.2) is 4.79 Å². The molecular formula is C21H26N2O2. The molecule has 0 unspecified atom stereocenters. The van der Waals surface area contributed by atoms with Gasteiger partial charge in [0, 0.05) is 13.6 Å². The highest BCUT2D eigenvalue weighted by Crippen LogP contribution is 2.27. The molecule has 0 heterocycles. The van der Waals surface area contributed by atoms with Gasteiger partial charge in [-0.2, -0.15) is 0 Å². The molecular weight excluding hydrogens is 312 g/mol. The maximum atomic E-state index is 12.3. The zero-order valence-electron chi connectivity index (χ0n) is 14.9. The lowest BCUT2D eigenvalue weighted by Gasteiger charge is -2.34. The van der Waals surface area contributed by atoms with E-state index in [-0.39, 0.29) is 18.2 Å². The third-order valence-electron chi connectivity index (χ3n) is 4.95. The highest BCUT2D eigenvalue weighted by Gasteiger charge is 2.29. The average molecular weight is 338 g/mol. The fourth-order valence-electron chi connectivity index (χ4n) is 3.29. The van der Waals surface area contributed by atoms with Crippen LogP contribution < -0.4 is 5.32 Å². The third-order valence-corrected chi connectivity index (χ3v) is 4.95. The van der Waals surface area contributed by atoms with Crippen LogP contribution >= 0.6 is 0 Å². The van der Waals surface area contributed by atoms with Crippen molar-refractivity contribution in [2.24, 2.45) is 5.92 Å². The lowest BCUT2D eigenvalue weighted by atomic mass is 9.82. The molecule has 2 amide bonds. The van der Waals surface area contributed by atoms with E-state index in [1.807, 2.05) is 32.2 Å². The van der Waals surface area contributed by atoms with Gasteiger partial charge in [-0.05, 0) is 42.4 Å². The first kappa shape index (κ1) is 17.5. The summed E-state index contributed by atoms with van der Waals surface area (Å²) in [6.45, 7) is 2.69. The Hall–Kier alpha value is -2.33. The molecule has 0 saturated heterocycles. The number of aliphatic hydroxyl groups is 1. The summed E-state index contributed by atoms with van der Waals surface area (Å²) in [4.78, 5) is 14.0. The molecule has 0 bridgehead atoms. The molecule has 1 aliphatic rings. The molecule has 2 aromatic carbocycles. The van der Waals surface area contributed by atoms with Crippen LogP contribution in [0, 0.1) is 5.92 Å². The Morgan fingerprint density at radius 3 is 2.32 bits per heavy atom. The minimum atomic E-state index is -0.177. The van der Waals surface area contributed by atoms with Gasteiger partial charge in [-0.3, -0.25) is 0 Å². The summed E-state index contributed by atoms with van der Waals surface area (Å²) in [5.74, 6) is 0.422. The Morgan fingerprint density at radius 2 is 1.72 bits per heavy atom. The quantitative estimate of drug-likeness (QED) is 0.870. The first-order valence-electron chi connectivity index (χ1n) is 8.88. The lowest BCUT2D eigenvalue weighted by Crippen LogP contribution is -2.44. The fraction of sp³-hybridized carbons (Fsp3) is 0.381. The van der Waals surface area contributed by atoms with Gasteiger partial charge in [0.1, 0.15) is 0 Å². The molecule has 4 nitrogen and oxygen atoms in total. The second kappa shape index (κ2) is 7.70. The molecule has 25 heavy (non-hydrogen) atoms. The van der Waals surface area contributed by atoms with E-state index in [2.05, 4.69) is 41.7 Å². The minimum absolute atomic E-state index is 0.0493. The van der Waals surface area contributed by atoms with Gasteiger partial charge in [0.15, 0.2) is 0 Å². The summed E-state index contributed by atoms with van der Waals surface area (Å²) in [7, 11) is 1.81. The molecule has 3 rings (SSSR count). The molecule has 0 aromatic heterocycles. The maximum Gasteiger partial charge on any atom is 0.317 e. The second-order valence-electron chi connectivity index (χ2n) is 7.03. The predicted octanol–water partition coefficient (Wildman–Crippen LogP) is 3.83. The molecule has 4 heteroatoms. The second-order valence-corrected chi connectivity index (χ2v) is 7.03. The van der Waals surface area contributed by atoms with E-state index < -0.39 is 0 Å². The number of benzene rings is 2. The fourth-order valence-corrected chi connectivity index (χ4v) is 3.29. The molecule has 0 aliphatic heterocycles. The molecule has 132 valence electrons. The Labute approximate surface area is 149 Å². The Balaban J connectivity index is 1.55. The molecule has 1 atom stereocenters. The van der Waals surface area contributed by atoms with Crippen LogP contribution in [0.1, 0.15) is 31.4 Å². The number of carbonyl (C=O) groups is 1. The Kier molecular flexibility index (Phi) is 5.39. The van der Waals surface area contributed by atoms with E-state index in [1.54, 1.807) is 4.90 Å². The lowest BCUT2D eigenvalue weighted by molar-refractivity contribution is 0.0324. The highest BCUT2D eigenvalue weighted by molar-refractivity contribution is 5.74. The number of nitrogens with zero attached hydrogens (tertiary/aromatic N) is 1. The first-order chi connectivity index (χ1) is 12.0. The van der Waals surface area contributed by atoms with E-state index in [0.29, 0.717) is 12.5 Å². The number of nitrogens with one attached hydrogen (secondary N) is 1. The SMILES string of the molecule is C[C@H](NC(=O)N(C)CC1CC(O)C1)c1ccc(-c2ccccc2)cc1. The van der Waals surface area contributed by atoms with Crippen LogP contribution in [-0.2, 0) is 0 Å². The number of hydrogen-bond acceptors (Lipinski definition) is 2. The van der Waals surface area contributed by atoms with Gasteiger partial charge >= 0.3 is 6.03 Å². The number of urea groups is 1. The number of hydrogen-bond donors (Lipinski definition) is 2. The molecule has 1 fully saturated rings. The van der Waals surface area contributed by atoms with Crippen LogP contribution in [-0.4, -0.2) is 35.7 Å². The van der Waals surface area contributed by atoms with Crippen molar-refractivity contribution in [3.8, 4) is 11.1 Å². The van der Waals surface area contributed by atoms with Gasteiger partial charge in [0.25, 0.3) is 0 Å². The average Bonchev–Trinajstić information content (AvgIpc) is 2.61. The van der Waals surface area contributed by atoms with E-state index in [9.17, 15) is 9.90 Å². The van der Waals surface area contributed by atoms with Crippen molar-refractivity contribution >= 4 is 6.03 Å². The zero-order chi connectivity index (χ0) is 17.8. The van der Waals surface area contributed by atoms with Crippen LogP contribution in [0.15, 0.2) is 54.6 Å². The summed E-state index contributed by atoms with van der Waals surface area (Å²) in [5, 5.41) is 12.4. The standard InChI is InChI=1S/C21H26N2O2/c1-15(22-21(25)23(2)14-16-12-20(24)13-16)17-8-10-19(11-9-17)18-6-4-3-5-7-18/h3-11,15-16,20,24H,12-14H2,1-2H3,(H,22,25)/t15-,16?,20?/m0/s1. The van der Waals surface area contributed by atoms with Crippen molar-refractivity contribution in [2.45, 2.75) is 31.9 Å². The number of rotatable bonds is 5. The highest BCUT2D eigenvalue weighted by atomic mass is 16.3. The van der Waals surface area contributed by atoms with Gasteiger partial charge in [-0.15, -0.1) is 0 Å². The minimum Gasteiger partial charge on any atom is -0.393 e. The van der Waals surface area contributed by atoms with Crippen molar-refractivity contribution in [1.29, 1.82) is 0 Å². The van der Waals surface area contributed by atoms with E-state index in [4.69, 9.17) is 0 Å². The summed E-state index contributed by atoms with van der Waals surface area (Å²) in [6.07, 6.45) is 1.42. The maximum absolute atomic E-state index is 12.3. The van der Waals surface area contributed by atoms with Crippen LogP contribution in [0.2, 0.25) is 0 Å². The third kappa shape index (κ3) is 4.40. The molecule has 2 aromatic rings. The predicted molar refractivity (Wildman–Crippen MR) is 100 cm³/mol. The molecule has 2 N–H and O–H groups in total. The topological polar surface area (TPSA) is 52.6 Å². The van der Waals surface area contributed by atoms with Gasteiger partial charge in [0.05, 0.1) is 12.1 Å². The molecule has 0 radical (unpaired) electrons. The zero-order valence-corrected chi connectivity index (χ0v) is 14.9. The van der Waals surface area contributed by atoms with Crippen molar-refractivity contribution in [2.75, 3.05) is 13.6 Å². The van der Waals surface area contributed by atoms with E-state index in [0.717, 1.165) is 18.4 Å². The van der Waals surface area contributed by atoms with Crippen LogP contribution in [0.3, 0.4) is 0 Å². The smallest absolute Gasteiger partial charge is 0.317 e. The van der Waals surface area contributed by atoms with Crippen molar-refractivity contribution in [3.05, 3.63) is 60.2 Å². The summed E-state index contributed by atoms with van der Waals surface area (Å²) >= 11 is 0. The normalized spacial score (nSPS) is 20.4. The van der Waals surface area contributed by atoms with Gasteiger partial charge in [-0.1, -0.05) is 54.6 Å². The molecule has 1 aliphatic carbocycles. The number of aliphatic hydroxyl groups excluding tert-OH is 1. The molecule has 1 saturated carbocycles. The van der Waals surface area contributed by atoms with Crippen molar-refractivity contribution in [1.82, 2.24) is 10.2 Å². The monoisotopic (exact) mass is 338 g/mol. The van der Waals surface area contributed by atoms with Crippen LogP contribution in [0.25, 0.3) is 11.1 Å². The van der Waals surface area contributed by atoms with Gasteiger partial charge < -0.3 is 15.3 Å². The van der Waals surface area contributed by atoms with Crippen molar-refractivity contribution < 1.29 is 9.90 Å². The largest absolute Gasteiger partial charge is 0.393 e. The van der Waals surface area contributed by atoms with Gasteiger partial charge in [0.2, 0.25) is 0 Å². The summed E-state index contributed by atoms with van der Waals surface area (Å²) in [5.41, 5.74) is 3.44. The van der Waals surface area contributed by atoms with E-state index in [1.165, 1.54) is 11.1 Å². The summed E-state index contributed by atoms with van der Waals surface area (Å²) in [6, 6.07) is 18.4. The Bertz CT molecular complexity index is 694. The molecule has 0 spiro atoms. The summed E-state index contributed by atoms with van der Waals surface area (Å²) < 4.78 is 0. The Morgan fingerprint density at radius 1 is 1.12 bits per heavy atom.